The highest BCUT2D eigenvalue weighted by atomic mass is 32.2. The molecule has 0 aromatic carbocycles. The monoisotopic (exact) mass is 272 g/mol. The van der Waals surface area contributed by atoms with Crippen molar-refractivity contribution in [2.24, 2.45) is 5.41 Å². The van der Waals surface area contributed by atoms with Crippen molar-refractivity contribution in [2.75, 3.05) is 38.7 Å². The van der Waals surface area contributed by atoms with Crippen LogP contribution < -0.4 is 5.32 Å². The summed E-state index contributed by atoms with van der Waals surface area (Å²) in [6.45, 7) is 10.5. The second-order valence-corrected chi connectivity index (χ2v) is 8.03. The third kappa shape index (κ3) is 5.94. The number of rotatable bonds is 7. The number of nitrogens with zero attached hydrogens (tertiary/aromatic N) is 1. The van der Waals surface area contributed by atoms with Crippen molar-refractivity contribution in [1.82, 2.24) is 10.2 Å². The van der Waals surface area contributed by atoms with Gasteiger partial charge in [0.2, 0.25) is 0 Å². The van der Waals surface area contributed by atoms with Crippen LogP contribution in [0.4, 0.5) is 0 Å². The lowest BCUT2D eigenvalue weighted by Gasteiger charge is -2.36. The fourth-order valence-corrected chi connectivity index (χ4v) is 3.36. The molecule has 108 valence electrons. The lowest BCUT2D eigenvalue weighted by Crippen LogP contribution is -2.47. The maximum atomic E-state index is 3.73. The second kappa shape index (κ2) is 7.16. The van der Waals surface area contributed by atoms with E-state index in [-0.39, 0.29) is 5.54 Å². The Balaban J connectivity index is 2.47. The molecule has 0 heterocycles. The zero-order valence-corrected chi connectivity index (χ0v) is 13.8. The Bertz CT molecular complexity index is 229. The van der Waals surface area contributed by atoms with Gasteiger partial charge < -0.3 is 10.2 Å². The van der Waals surface area contributed by atoms with Gasteiger partial charge in [0.15, 0.2) is 0 Å². The first-order valence-electron chi connectivity index (χ1n) is 7.29. The molecule has 0 aliphatic heterocycles. The lowest BCUT2D eigenvalue weighted by atomic mass is 9.84. The summed E-state index contributed by atoms with van der Waals surface area (Å²) in [5.74, 6) is 1.25. The predicted octanol–water partition coefficient (Wildman–Crippen LogP) is 3.23. The summed E-state index contributed by atoms with van der Waals surface area (Å²) in [5.41, 5.74) is 0.772. The van der Waals surface area contributed by atoms with Crippen molar-refractivity contribution in [1.29, 1.82) is 0 Å². The fraction of sp³-hybridized carbons (Fsp3) is 1.00. The van der Waals surface area contributed by atoms with Gasteiger partial charge in [-0.2, -0.15) is 11.8 Å². The highest BCUT2D eigenvalue weighted by Crippen LogP contribution is 2.38. The normalized spacial score (nSPS) is 19.7. The van der Waals surface area contributed by atoms with Gasteiger partial charge in [0.1, 0.15) is 0 Å². The molecule has 0 saturated heterocycles. The Morgan fingerprint density at radius 3 is 2.33 bits per heavy atom. The number of hydrogen-bond donors (Lipinski definition) is 1. The Morgan fingerprint density at radius 2 is 1.83 bits per heavy atom. The Labute approximate surface area is 118 Å². The molecule has 0 spiro atoms. The first kappa shape index (κ1) is 16.3. The molecule has 0 unspecified atom stereocenters. The van der Waals surface area contributed by atoms with Crippen LogP contribution in [0.15, 0.2) is 0 Å². The molecule has 2 nitrogen and oxygen atoms in total. The maximum Gasteiger partial charge on any atom is 0.00967 e. The molecule has 0 aromatic rings. The zero-order valence-electron chi connectivity index (χ0n) is 13.0. The van der Waals surface area contributed by atoms with Crippen molar-refractivity contribution >= 4 is 11.8 Å². The van der Waals surface area contributed by atoms with Crippen molar-refractivity contribution in [3.8, 4) is 0 Å². The summed E-state index contributed by atoms with van der Waals surface area (Å²) in [5, 5.41) is 3.73. The average molecular weight is 273 g/mol. The molecular formula is C15H32N2S. The quantitative estimate of drug-likeness (QED) is 0.766. The first-order valence-corrected chi connectivity index (χ1v) is 8.69. The first-order chi connectivity index (χ1) is 8.37. The van der Waals surface area contributed by atoms with Crippen molar-refractivity contribution in [2.45, 2.75) is 52.0 Å². The second-order valence-electron chi connectivity index (χ2n) is 7.04. The minimum absolute atomic E-state index is 0.243. The SMILES string of the molecule is CSCCN(C)CC1(CNC(C)(C)C)CCCC1. The van der Waals surface area contributed by atoms with E-state index in [2.05, 4.69) is 44.3 Å². The molecule has 0 radical (unpaired) electrons. The zero-order chi connectivity index (χ0) is 13.6. The highest BCUT2D eigenvalue weighted by Gasteiger charge is 2.35. The smallest absolute Gasteiger partial charge is 0.00967 e. The molecule has 1 fully saturated rings. The van der Waals surface area contributed by atoms with Crippen LogP contribution in [0.25, 0.3) is 0 Å². The van der Waals surface area contributed by atoms with E-state index >= 15 is 0 Å². The molecule has 3 heteroatoms. The largest absolute Gasteiger partial charge is 0.311 e. The van der Waals surface area contributed by atoms with Crippen molar-refractivity contribution < 1.29 is 0 Å². The third-order valence-corrected chi connectivity index (χ3v) is 4.53. The Kier molecular flexibility index (Phi) is 6.49. The van der Waals surface area contributed by atoms with Crippen LogP contribution in [0.2, 0.25) is 0 Å². The molecule has 18 heavy (non-hydrogen) atoms. The molecule has 1 saturated carbocycles. The number of nitrogens with one attached hydrogen (secondary N) is 1. The van der Waals surface area contributed by atoms with Crippen LogP contribution in [-0.2, 0) is 0 Å². The van der Waals surface area contributed by atoms with Gasteiger partial charge in [-0.3, -0.25) is 0 Å². The molecule has 0 aromatic heterocycles. The topological polar surface area (TPSA) is 15.3 Å². The molecule has 0 amide bonds. The summed E-state index contributed by atoms with van der Waals surface area (Å²) < 4.78 is 0. The number of hydrogen-bond acceptors (Lipinski definition) is 3. The standard InChI is InChI=1S/C15H32N2S/c1-14(2,3)16-12-15(8-6-7-9-15)13-17(4)10-11-18-5/h16H,6-13H2,1-5H3. The minimum Gasteiger partial charge on any atom is -0.311 e. The summed E-state index contributed by atoms with van der Waals surface area (Å²) in [6, 6.07) is 0. The van der Waals surface area contributed by atoms with Gasteiger partial charge in [-0.25, -0.2) is 0 Å². The average Bonchev–Trinajstić information content (AvgIpc) is 2.72. The van der Waals surface area contributed by atoms with Gasteiger partial charge >= 0.3 is 0 Å². The maximum absolute atomic E-state index is 3.73. The Morgan fingerprint density at radius 1 is 1.22 bits per heavy atom. The van der Waals surface area contributed by atoms with E-state index in [1.165, 1.54) is 51.1 Å². The fourth-order valence-electron chi connectivity index (χ4n) is 2.87. The summed E-state index contributed by atoms with van der Waals surface area (Å²) in [4.78, 5) is 2.53. The van der Waals surface area contributed by atoms with E-state index in [9.17, 15) is 0 Å². The van der Waals surface area contributed by atoms with Crippen LogP contribution >= 0.6 is 11.8 Å². The van der Waals surface area contributed by atoms with Gasteiger partial charge in [0.25, 0.3) is 0 Å². The van der Waals surface area contributed by atoms with Crippen molar-refractivity contribution in [3.63, 3.8) is 0 Å². The van der Waals surface area contributed by atoms with E-state index in [1.54, 1.807) is 0 Å². The molecule has 0 atom stereocenters. The molecule has 1 aliphatic carbocycles. The molecular weight excluding hydrogens is 240 g/mol. The van der Waals surface area contributed by atoms with Gasteiger partial charge in [0.05, 0.1) is 0 Å². The van der Waals surface area contributed by atoms with Gasteiger partial charge in [0, 0.05) is 30.9 Å². The van der Waals surface area contributed by atoms with Crippen LogP contribution in [-0.4, -0.2) is 49.1 Å². The highest BCUT2D eigenvalue weighted by molar-refractivity contribution is 7.98. The van der Waals surface area contributed by atoms with Crippen LogP contribution in [0.3, 0.4) is 0 Å². The Hall–Kier alpha value is 0.270. The lowest BCUT2D eigenvalue weighted by molar-refractivity contribution is 0.166. The van der Waals surface area contributed by atoms with E-state index in [4.69, 9.17) is 0 Å². The van der Waals surface area contributed by atoms with E-state index in [0.717, 1.165) is 0 Å². The summed E-state index contributed by atoms with van der Waals surface area (Å²) in [7, 11) is 2.29. The van der Waals surface area contributed by atoms with E-state index < -0.39 is 0 Å². The van der Waals surface area contributed by atoms with E-state index in [0.29, 0.717) is 5.41 Å². The van der Waals surface area contributed by atoms with Crippen molar-refractivity contribution in [3.05, 3.63) is 0 Å². The predicted molar refractivity (Wildman–Crippen MR) is 84.5 cm³/mol. The number of thioether (sulfide) groups is 1. The van der Waals surface area contributed by atoms with Gasteiger partial charge in [-0.15, -0.1) is 0 Å². The molecule has 1 rings (SSSR count). The minimum atomic E-state index is 0.243. The van der Waals surface area contributed by atoms with Crippen LogP contribution in [0, 0.1) is 5.41 Å². The van der Waals surface area contributed by atoms with Crippen LogP contribution in [0.1, 0.15) is 46.5 Å². The third-order valence-electron chi connectivity index (χ3n) is 3.94. The molecule has 1 aliphatic rings. The van der Waals surface area contributed by atoms with Crippen LogP contribution in [0.5, 0.6) is 0 Å². The summed E-state index contributed by atoms with van der Waals surface area (Å²) >= 11 is 1.95. The van der Waals surface area contributed by atoms with E-state index in [1.807, 2.05) is 11.8 Å². The molecule has 1 N–H and O–H groups in total. The summed E-state index contributed by atoms with van der Waals surface area (Å²) in [6.07, 6.45) is 7.84. The molecule has 0 bridgehead atoms. The van der Waals surface area contributed by atoms with Gasteiger partial charge in [-0.1, -0.05) is 12.8 Å². The van der Waals surface area contributed by atoms with Gasteiger partial charge in [-0.05, 0) is 52.3 Å².